The van der Waals surface area contributed by atoms with Crippen LogP contribution in [0.2, 0.25) is 0 Å². The Morgan fingerprint density at radius 3 is 2.21 bits per heavy atom. The molecule has 0 fully saturated rings. The minimum absolute atomic E-state index is 0.172. The molecule has 218 valence electrons. The predicted octanol–water partition coefficient (Wildman–Crippen LogP) is 3.20. The predicted molar refractivity (Wildman–Crippen MR) is 158 cm³/mol. The van der Waals surface area contributed by atoms with Gasteiger partial charge in [0.15, 0.2) is 11.6 Å². The van der Waals surface area contributed by atoms with E-state index in [1.807, 2.05) is 32.0 Å². The second kappa shape index (κ2) is 11.3. The zero-order chi connectivity index (χ0) is 30.2. The molecule has 0 saturated carbocycles. The van der Waals surface area contributed by atoms with Crippen LogP contribution < -0.4 is 21.7 Å². The molecule has 1 aromatic heterocycles. The Kier molecular flexibility index (Phi) is 7.80. The summed E-state index contributed by atoms with van der Waals surface area (Å²) in [6.07, 6.45) is 1.65. The number of rotatable bonds is 9. The number of nitrogens with zero attached hydrogens (tertiary/aromatic N) is 3. The van der Waals surface area contributed by atoms with E-state index in [-0.39, 0.29) is 28.3 Å². The van der Waals surface area contributed by atoms with Crippen LogP contribution >= 0.6 is 0 Å². The zero-order valence-electron chi connectivity index (χ0n) is 23.3. The van der Waals surface area contributed by atoms with E-state index in [1.54, 1.807) is 25.1 Å². The van der Waals surface area contributed by atoms with Crippen LogP contribution in [0.1, 0.15) is 44.1 Å². The minimum Gasteiger partial charge on any atom is -0.400 e. The van der Waals surface area contributed by atoms with E-state index in [0.717, 1.165) is 22.9 Å². The van der Waals surface area contributed by atoms with Crippen LogP contribution in [0.5, 0.6) is 0 Å². The molecule has 2 aromatic carbocycles. The maximum absolute atomic E-state index is 13.5. The second-order valence-electron chi connectivity index (χ2n) is 10.3. The van der Waals surface area contributed by atoms with Crippen LogP contribution in [0.25, 0.3) is 0 Å². The third-order valence-electron chi connectivity index (χ3n) is 7.23. The van der Waals surface area contributed by atoms with Crippen molar-refractivity contribution in [2.45, 2.75) is 27.2 Å². The third-order valence-corrected chi connectivity index (χ3v) is 8.14. The molecule has 0 saturated heterocycles. The lowest BCUT2D eigenvalue weighted by Gasteiger charge is -2.36. The summed E-state index contributed by atoms with van der Waals surface area (Å²) in [6.45, 7) is 6.50. The molecular weight excluding hydrogens is 558 g/mol. The number of aryl methyl sites for hydroxylation is 3. The number of carbonyl (C=O) groups excluding carboxylic acids is 2. The zero-order valence-corrected chi connectivity index (χ0v) is 24.1. The van der Waals surface area contributed by atoms with Gasteiger partial charge in [-0.25, -0.2) is 0 Å². The van der Waals surface area contributed by atoms with Crippen molar-refractivity contribution in [3.05, 3.63) is 92.9 Å². The Morgan fingerprint density at radius 2 is 1.52 bits per heavy atom. The van der Waals surface area contributed by atoms with Crippen molar-refractivity contribution in [1.29, 1.82) is 0 Å². The van der Waals surface area contributed by atoms with Crippen LogP contribution in [0.3, 0.4) is 0 Å². The van der Waals surface area contributed by atoms with E-state index in [2.05, 4.69) is 30.9 Å². The van der Waals surface area contributed by atoms with E-state index in [0.29, 0.717) is 37.2 Å². The molecule has 2 aliphatic rings. The summed E-state index contributed by atoms with van der Waals surface area (Å²) in [5.41, 5.74) is 9.40. The molecule has 6 N–H and O–H groups in total. The standard InChI is InChI=1S/C29H31N7O5S/c1-15-9-10-16(2)20(13-15)35-29-34-17(3)33-28(36-29)32-12-6-11-31-21-14-22(42(39,40)41)25(30)24-23(21)26(37)18-7-4-5-8-19(18)27(24)38/h4-5,7-10,13-14,23-24,31H,6,11-12,30H2,1-3H3,(H,39,40,41)(H2,32,33,34,35,36). The molecule has 12 nitrogen and oxygen atoms in total. The molecule has 13 heteroatoms. The summed E-state index contributed by atoms with van der Waals surface area (Å²) in [5, 5.41) is 9.48. The first-order valence-electron chi connectivity index (χ1n) is 13.3. The number of ketones is 2. The van der Waals surface area contributed by atoms with Crippen LogP contribution in [0.15, 0.2) is 64.8 Å². The molecule has 0 spiro atoms. The Hall–Kier alpha value is -4.62. The fraction of sp³-hybridized carbons (Fsp3) is 0.276. The molecule has 3 aromatic rings. The van der Waals surface area contributed by atoms with Gasteiger partial charge >= 0.3 is 0 Å². The summed E-state index contributed by atoms with van der Waals surface area (Å²) < 4.78 is 34.0. The lowest BCUT2D eigenvalue weighted by molar-refractivity contribution is 0.0779. The first kappa shape index (κ1) is 28.9. The molecule has 0 amide bonds. The molecule has 0 radical (unpaired) electrons. The maximum atomic E-state index is 13.5. The number of nitrogens with one attached hydrogen (secondary N) is 3. The Morgan fingerprint density at radius 1 is 0.881 bits per heavy atom. The van der Waals surface area contributed by atoms with Gasteiger partial charge in [-0.05, 0) is 50.5 Å². The smallest absolute Gasteiger partial charge is 0.296 e. The second-order valence-corrected chi connectivity index (χ2v) is 11.7. The number of aromatic nitrogens is 3. The topological polar surface area (TPSA) is 189 Å². The molecule has 42 heavy (non-hydrogen) atoms. The normalized spacial score (nSPS) is 18.2. The van der Waals surface area contributed by atoms with Gasteiger partial charge in [0.25, 0.3) is 10.1 Å². The molecule has 0 bridgehead atoms. The van der Waals surface area contributed by atoms with Crippen LogP contribution in [-0.2, 0) is 10.1 Å². The van der Waals surface area contributed by atoms with Gasteiger partial charge in [0, 0.05) is 41.3 Å². The van der Waals surface area contributed by atoms with Gasteiger partial charge in [-0.3, -0.25) is 14.1 Å². The minimum atomic E-state index is -4.75. The van der Waals surface area contributed by atoms with Crippen LogP contribution in [0, 0.1) is 32.6 Å². The van der Waals surface area contributed by atoms with Crippen molar-refractivity contribution in [2.24, 2.45) is 17.6 Å². The molecule has 2 aliphatic carbocycles. The number of carbonyl (C=O) groups is 2. The van der Waals surface area contributed by atoms with E-state index in [4.69, 9.17) is 5.73 Å². The van der Waals surface area contributed by atoms with Crippen LogP contribution in [0.4, 0.5) is 17.6 Å². The number of benzene rings is 2. The first-order chi connectivity index (χ1) is 19.9. The van der Waals surface area contributed by atoms with Crippen molar-refractivity contribution in [3.63, 3.8) is 0 Å². The van der Waals surface area contributed by atoms with Gasteiger partial charge in [0.2, 0.25) is 11.9 Å². The van der Waals surface area contributed by atoms with Crippen molar-refractivity contribution in [1.82, 2.24) is 20.3 Å². The highest BCUT2D eigenvalue weighted by Crippen LogP contribution is 2.41. The van der Waals surface area contributed by atoms with Crippen molar-refractivity contribution in [2.75, 3.05) is 23.7 Å². The molecule has 2 atom stereocenters. The van der Waals surface area contributed by atoms with Gasteiger partial charge < -0.3 is 21.7 Å². The monoisotopic (exact) mass is 589 g/mol. The van der Waals surface area contributed by atoms with Gasteiger partial charge in [0.05, 0.1) is 11.8 Å². The van der Waals surface area contributed by atoms with Gasteiger partial charge in [-0.15, -0.1) is 0 Å². The summed E-state index contributed by atoms with van der Waals surface area (Å²) in [5.74, 6) is -1.80. The van der Waals surface area contributed by atoms with E-state index in [1.165, 1.54) is 6.07 Å². The number of hydrogen-bond acceptors (Lipinski definition) is 11. The fourth-order valence-corrected chi connectivity index (χ4v) is 5.87. The molecule has 0 aliphatic heterocycles. The maximum Gasteiger partial charge on any atom is 0.296 e. The average molecular weight is 590 g/mol. The lowest BCUT2D eigenvalue weighted by atomic mass is 9.69. The largest absolute Gasteiger partial charge is 0.400 e. The van der Waals surface area contributed by atoms with E-state index >= 15 is 0 Å². The highest BCUT2D eigenvalue weighted by Gasteiger charge is 2.48. The molecular formula is C29H31N7O5S. The molecule has 5 rings (SSSR count). The van der Waals surface area contributed by atoms with Crippen molar-refractivity contribution in [3.8, 4) is 0 Å². The first-order valence-corrected chi connectivity index (χ1v) is 14.8. The van der Waals surface area contributed by atoms with E-state index < -0.39 is 32.6 Å². The number of allylic oxidation sites excluding steroid dienone is 3. The number of Topliss-reactive ketones (excluding diaryl/α,β-unsaturated/α-hetero) is 2. The number of anilines is 3. The van der Waals surface area contributed by atoms with Gasteiger partial charge in [-0.1, -0.05) is 36.4 Å². The Labute approximate surface area is 243 Å². The van der Waals surface area contributed by atoms with E-state index in [9.17, 15) is 22.6 Å². The summed E-state index contributed by atoms with van der Waals surface area (Å²) in [4.78, 5) is 39.4. The van der Waals surface area contributed by atoms with Gasteiger partial charge in [-0.2, -0.15) is 23.4 Å². The summed E-state index contributed by atoms with van der Waals surface area (Å²) >= 11 is 0. The Bertz CT molecular complexity index is 1770. The summed E-state index contributed by atoms with van der Waals surface area (Å²) in [7, 11) is -4.75. The highest BCUT2D eigenvalue weighted by molar-refractivity contribution is 7.90. The summed E-state index contributed by atoms with van der Waals surface area (Å²) in [6, 6.07) is 12.4. The number of fused-ring (bicyclic) bond motifs is 2. The molecule has 1 heterocycles. The third kappa shape index (κ3) is 5.74. The fourth-order valence-electron chi connectivity index (χ4n) is 5.17. The lowest BCUT2D eigenvalue weighted by Crippen LogP contribution is -2.46. The van der Waals surface area contributed by atoms with Crippen LogP contribution in [-0.4, -0.2) is 52.6 Å². The number of nitrogens with two attached hydrogens (primary N) is 1. The van der Waals surface area contributed by atoms with Crippen molar-refractivity contribution >= 4 is 39.3 Å². The average Bonchev–Trinajstić information content (AvgIpc) is 2.93. The number of hydrogen-bond donors (Lipinski definition) is 5. The van der Waals surface area contributed by atoms with Crippen molar-refractivity contribution < 1.29 is 22.6 Å². The highest BCUT2D eigenvalue weighted by atomic mass is 32.2. The SMILES string of the molecule is Cc1ccc(C)c(Nc2nc(C)nc(NCCCNC3=CC(S(=O)(=O)O)=C(N)C4C(=O)c5ccccc5C(=O)C34)n2)c1. The molecule has 2 unspecified atom stereocenters. The van der Waals surface area contributed by atoms with Gasteiger partial charge in [0.1, 0.15) is 10.7 Å². The Balaban J connectivity index is 1.28. The quantitative estimate of drug-likeness (QED) is 0.181.